The number of amides is 1. The molecule has 5 rings (SSSR count). The summed E-state index contributed by atoms with van der Waals surface area (Å²) in [5, 5.41) is 7.58. The summed E-state index contributed by atoms with van der Waals surface area (Å²) in [6, 6.07) is 11.7. The van der Waals surface area contributed by atoms with Gasteiger partial charge in [0.1, 0.15) is 17.4 Å². The minimum Gasteiger partial charge on any atom is -0.488 e. The van der Waals surface area contributed by atoms with Gasteiger partial charge in [-0.1, -0.05) is 12.1 Å². The van der Waals surface area contributed by atoms with E-state index in [0.29, 0.717) is 24.7 Å². The molecule has 0 aliphatic carbocycles. The van der Waals surface area contributed by atoms with Crippen molar-refractivity contribution in [1.82, 2.24) is 20.2 Å². The molecule has 0 unspecified atom stereocenters. The van der Waals surface area contributed by atoms with E-state index >= 15 is 0 Å². The molecule has 2 aliphatic heterocycles. The quantitative estimate of drug-likeness (QED) is 0.561. The van der Waals surface area contributed by atoms with Crippen LogP contribution in [0.15, 0.2) is 42.6 Å². The van der Waals surface area contributed by atoms with Gasteiger partial charge in [0.2, 0.25) is 5.95 Å². The lowest BCUT2D eigenvalue weighted by Crippen LogP contribution is -2.37. The van der Waals surface area contributed by atoms with Gasteiger partial charge in [-0.15, -0.1) is 0 Å². The molecule has 2 saturated heterocycles. The summed E-state index contributed by atoms with van der Waals surface area (Å²) in [7, 11) is 3.53. The Morgan fingerprint density at radius 3 is 2.74 bits per heavy atom. The van der Waals surface area contributed by atoms with Crippen molar-refractivity contribution in [3.05, 3.63) is 48.2 Å². The first-order valence-electron chi connectivity index (χ1n) is 12.2. The number of aromatic nitrogens is 2. The molecule has 9 heteroatoms. The maximum Gasteiger partial charge on any atom is 0.255 e. The van der Waals surface area contributed by atoms with Crippen LogP contribution in [0.3, 0.4) is 0 Å². The lowest BCUT2D eigenvalue weighted by molar-refractivity contribution is 0.0826. The van der Waals surface area contributed by atoms with Gasteiger partial charge in [0.05, 0.1) is 18.8 Å². The van der Waals surface area contributed by atoms with Crippen LogP contribution in [-0.2, 0) is 4.74 Å². The van der Waals surface area contributed by atoms with Crippen molar-refractivity contribution in [1.29, 1.82) is 0 Å². The van der Waals surface area contributed by atoms with E-state index in [1.54, 1.807) is 25.2 Å². The number of nitrogens with one attached hydrogen (secondary N) is 2. The normalized spacial score (nSPS) is 16.8. The van der Waals surface area contributed by atoms with Crippen molar-refractivity contribution >= 4 is 34.1 Å². The Bertz CT molecular complexity index is 1190. The number of benzene rings is 2. The predicted octanol–water partition coefficient (Wildman–Crippen LogP) is 3.04. The number of piperidine rings is 1. The average Bonchev–Trinajstić information content (AvgIpc) is 2.89. The number of morpholine rings is 1. The standard InChI is InChI=1S/C26H32N6O3/c1-31(2)25(33)21-16-19(6-7-22(21)32-12-14-34-15-13-32)29-26-28-17-18-4-3-5-23(24(18)30-26)35-20-8-10-27-11-9-20/h3-7,16-17,20,27H,8-15H2,1-2H3,(H,28,29,30). The number of carbonyl (C=O) groups excluding carboxylic acids is 1. The fourth-order valence-electron chi connectivity index (χ4n) is 4.51. The third-order valence-electron chi connectivity index (χ3n) is 6.39. The first-order valence-corrected chi connectivity index (χ1v) is 12.2. The largest absolute Gasteiger partial charge is 0.488 e. The van der Waals surface area contributed by atoms with Crippen molar-refractivity contribution in [2.45, 2.75) is 18.9 Å². The van der Waals surface area contributed by atoms with Gasteiger partial charge in [-0.2, -0.15) is 0 Å². The summed E-state index contributed by atoms with van der Waals surface area (Å²) in [4.78, 5) is 26.1. The van der Waals surface area contributed by atoms with E-state index < -0.39 is 0 Å². The topological polar surface area (TPSA) is 91.9 Å². The first kappa shape index (κ1) is 23.3. The van der Waals surface area contributed by atoms with Crippen molar-refractivity contribution in [2.75, 3.05) is 63.7 Å². The number of hydrogen-bond acceptors (Lipinski definition) is 8. The summed E-state index contributed by atoms with van der Waals surface area (Å²) < 4.78 is 11.8. The molecule has 1 aromatic heterocycles. The van der Waals surface area contributed by atoms with Gasteiger partial charge < -0.3 is 29.9 Å². The molecule has 2 fully saturated rings. The summed E-state index contributed by atoms with van der Waals surface area (Å²) in [5.74, 6) is 1.18. The third kappa shape index (κ3) is 5.31. The Morgan fingerprint density at radius 2 is 1.97 bits per heavy atom. The van der Waals surface area contributed by atoms with Gasteiger partial charge in [0, 0.05) is 50.1 Å². The first-order chi connectivity index (χ1) is 17.1. The van der Waals surface area contributed by atoms with Crippen LogP contribution < -0.4 is 20.3 Å². The highest BCUT2D eigenvalue weighted by atomic mass is 16.5. The van der Waals surface area contributed by atoms with E-state index in [0.717, 1.165) is 67.0 Å². The Balaban J connectivity index is 1.43. The van der Waals surface area contributed by atoms with Gasteiger partial charge >= 0.3 is 0 Å². The average molecular weight is 477 g/mol. The minimum atomic E-state index is -0.0489. The zero-order chi connectivity index (χ0) is 24.2. The summed E-state index contributed by atoms with van der Waals surface area (Å²) in [6.45, 7) is 4.75. The number of ether oxygens (including phenoxy) is 2. The maximum atomic E-state index is 13.0. The lowest BCUT2D eigenvalue weighted by Gasteiger charge is -2.31. The third-order valence-corrected chi connectivity index (χ3v) is 6.39. The zero-order valence-electron chi connectivity index (χ0n) is 20.3. The summed E-state index contributed by atoms with van der Waals surface area (Å²) in [5.41, 5.74) is 3.08. The minimum absolute atomic E-state index is 0.0489. The van der Waals surface area contributed by atoms with Crippen LogP contribution in [0.25, 0.3) is 10.9 Å². The monoisotopic (exact) mass is 476 g/mol. The molecule has 2 N–H and O–H groups in total. The molecular formula is C26H32N6O3. The lowest BCUT2D eigenvalue weighted by atomic mass is 10.1. The smallest absolute Gasteiger partial charge is 0.255 e. The number of nitrogens with zero attached hydrogens (tertiary/aromatic N) is 4. The summed E-state index contributed by atoms with van der Waals surface area (Å²) in [6.07, 6.45) is 3.93. The predicted molar refractivity (Wildman–Crippen MR) is 137 cm³/mol. The number of rotatable bonds is 6. The van der Waals surface area contributed by atoms with Crippen LogP contribution in [0, 0.1) is 0 Å². The van der Waals surface area contributed by atoms with Gasteiger partial charge in [-0.3, -0.25) is 4.79 Å². The molecule has 184 valence electrons. The van der Waals surface area contributed by atoms with Gasteiger partial charge in [0.15, 0.2) is 0 Å². The van der Waals surface area contributed by atoms with E-state index in [1.807, 2.05) is 36.4 Å². The van der Waals surface area contributed by atoms with Crippen LogP contribution in [0.2, 0.25) is 0 Å². The highest BCUT2D eigenvalue weighted by molar-refractivity contribution is 6.00. The molecule has 0 spiro atoms. The highest BCUT2D eigenvalue weighted by Gasteiger charge is 2.21. The molecule has 9 nitrogen and oxygen atoms in total. The second-order valence-corrected chi connectivity index (χ2v) is 9.11. The Labute approximate surface area is 205 Å². The van der Waals surface area contributed by atoms with Crippen LogP contribution in [0.4, 0.5) is 17.3 Å². The molecule has 0 bridgehead atoms. The van der Waals surface area contributed by atoms with Crippen LogP contribution in [-0.4, -0.2) is 80.4 Å². The fraction of sp³-hybridized carbons (Fsp3) is 0.423. The molecule has 35 heavy (non-hydrogen) atoms. The second kappa shape index (κ2) is 10.5. The molecule has 1 amide bonds. The number of hydrogen-bond donors (Lipinski definition) is 2. The van der Waals surface area contributed by atoms with E-state index in [2.05, 4.69) is 20.5 Å². The molecule has 3 heterocycles. The van der Waals surface area contributed by atoms with Crippen molar-refractivity contribution < 1.29 is 14.3 Å². The van der Waals surface area contributed by atoms with Crippen LogP contribution in [0.1, 0.15) is 23.2 Å². The Hall–Kier alpha value is -3.43. The van der Waals surface area contributed by atoms with Crippen molar-refractivity contribution in [3.8, 4) is 5.75 Å². The van der Waals surface area contributed by atoms with E-state index in [1.165, 1.54) is 0 Å². The Morgan fingerprint density at radius 1 is 1.17 bits per heavy atom. The van der Waals surface area contributed by atoms with Gasteiger partial charge in [-0.25, -0.2) is 9.97 Å². The van der Waals surface area contributed by atoms with Crippen LogP contribution >= 0.6 is 0 Å². The van der Waals surface area contributed by atoms with Crippen molar-refractivity contribution in [3.63, 3.8) is 0 Å². The highest BCUT2D eigenvalue weighted by Crippen LogP contribution is 2.30. The molecular weight excluding hydrogens is 444 g/mol. The fourth-order valence-corrected chi connectivity index (χ4v) is 4.51. The number of carbonyl (C=O) groups is 1. The molecule has 2 aliphatic rings. The molecule has 2 aromatic carbocycles. The van der Waals surface area contributed by atoms with E-state index in [9.17, 15) is 4.79 Å². The summed E-state index contributed by atoms with van der Waals surface area (Å²) >= 11 is 0. The van der Waals surface area contributed by atoms with Crippen molar-refractivity contribution in [2.24, 2.45) is 0 Å². The van der Waals surface area contributed by atoms with Gasteiger partial charge in [0.25, 0.3) is 5.91 Å². The number of para-hydroxylation sites is 1. The van der Waals surface area contributed by atoms with E-state index in [4.69, 9.17) is 14.5 Å². The van der Waals surface area contributed by atoms with Crippen LogP contribution in [0.5, 0.6) is 5.75 Å². The molecule has 0 radical (unpaired) electrons. The molecule has 3 aromatic rings. The SMILES string of the molecule is CN(C)C(=O)c1cc(Nc2ncc3cccc(OC4CCNCC4)c3n2)ccc1N1CCOCC1. The van der Waals surface area contributed by atoms with Gasteiger partial charge in [-0.05, 0) is 50.2 Å². The Kier molecular flexibility index (Phi) is 6.96. The van der Waals surface area contributed by atoms with E-state index in [-0.39, 0.29) is 12.0 Å². The number of anilines is 3. The maximum absolute atomic E-state index is 13.0. The zero-order valence-corrected chi connectivity index (χ0v) is 20.3. The second-order valence-electron chi connectivity index (χ2n) is 9.11. The molecule has 0 saturated carbocycles. The molecule has 0 atom stereocenters. The number of fused-ring (bicyclic) bond motifs is 1.